The molecule has 0 saturated heterocycles. The van der Waals surface area contributed by atoms with E-state index in [0.29, 0.717) is 5.56 Å². The van der Waals surface area contributed by atoms with Gasteiger partial charge in [0.1, 0.15) is 6.10 Å². The molecule has 0 aromatic heterocycles. The molecule has 2 atom stereocenters. The predicted octanol–water partition coefficient (Wildman–Crippen LogP) is 3.10. The number of hydrogen-bond donors (Lipinski definition) is 0. The Morgan fingerprint density at radius 3 is 2.39 bits per heavy atom. The number of benzene rings is 1. The zero-order valence-electron chi connectivity index (χ0n) is 11.3. The van der Waals surface area contributed by atoms with Gasteiger partial charge in [0.15, 0.2) is 0 Å². The van der Waals surface area contributed by atoms with E-state index in [0.717, 1.165) is 5.71 Å². The molecule has 0 N–H and O–H groups in total. The fourth-order valence-electron chi connectivity index (χ4n) is 2.30. The van der Waals surface area contributed by atoms with Crippen molar-refractivity contribution in [1.82, 2.24) is 0 Å². The highest BCUT2D eigenvalue weighted by Gasteiger charge is 2.41. The van der Waals surface area contributed by atoms with Crippen LogP contribution in [0.2, 0.25) is 0 Å². The number of rotatable bonds is 2. The number of nitrogens with zero attached hydrogens (tertiary/aromatic N) is 1. The van der Waals surface area contributed by atoms with Crippen LogP contribution in [0.15, 0.2) is 35.3 Å². The summed E-state index contributed by atoms with van der Waals surface area (Å²) in [5.74, 6) is -0.0788. The second-order valence-electron chi connectivity index (χ2n) is 5.39. The van der Waals surface area contributed by atoms with Gasteiger partial charge in [0.2, 0.25) is 0 Å². The van der Waals surface area contributed by atoms with Crippen LogP contribution in [0.4, 0.5) is 0 Å². The third kappa shape index (κ3) is 2.30. The fraction of sp³-hybridized carbons (Fsp3) is 0.467. The van der Waals surface area contributed by atoms with Crippen LogP contribution in [0.25, 0.3) is 0 Å². The molecule has 1 aromatic carbocycles. The van der Waals surface area contributed by atoms with Gasteiger partial charge in [0.05, 0.1) is 16.8 Å². The number of ether oxygens (including phenoxy) is 1. The van der Waals surface area contributed by atoms with Crippen LogP contribution in [-0.4, -0.2) is 23.3 Å². The van der Waals surface area contributed by atoms with Crippen LogP contribution in [0.1, 0.15) is 38.1 Å². The summed E-state index contributed by atoms with van der Waals surface area (Å²) < 4.78 is 5.59. The number of esters is 1. The van der Waals surface area contributed by atoms with E-state index in [9.17, 15) is 4.79 Å². The summed E-state index contributed by atoms with van der Waals surface area (Å²) in [7, 11) is 0. The van der Waals surface area contributed by atoms with Gasteiger partial charge >= 0.3 is 5.97 Å². The molecule has 2 rings (SSSR count). The molecule has 0 spiro atoms. The quantitative estimate of drug-likeness (QED) is 0.751. The van der Waals surface area contributed by atoms with E-state index in [4.69, 9.17) is 4.74 Å². The van der Waals surface area contributed by atoms with Crippen LogP contribution in [0, 0.1) is 5.92 Å². The summed E-state index contributed by atoms with van der Waals surface area (Å²) in [5.41, 5.74) is 1.32. The van der Waals surface area contributed by atoms with E-state index in [1.165, 1.54) is 0 Å². The summed E-state index contributed by atoms with van der Waals surface area (Å²) >= 11 is 0. The largest absolute Gasteiger partial charge is 0.452 e. The average Bonchev–Trinajstić information content (AvgIpc) is 2.52. The van der Waals surface area contributed by atoms with E-state index in [1.54, 1.807) is 12.1 Å². The minimum Gasteiger partial charge on any atom is -0.452 e. The van der Waals surface area contributed by atoms with Crippen LogP contribution in [0.3, 0.4) is 0 Å². The summed E-state index contributed by atoms with van der Waals surface area (Å²) in [5, 5.41) is 0. The molecule has 0 aliphatic carbocycles. The van der Waals surface area contributed by atoms with Crippen molar-refractivity contribution >= 4 is 11.7 Å². The van der Waals surface area contributed by atoms with Crippen LogP contribution in [-0.2, 0) is 4.74 Å². The normalized spacial score (nSPS) is 25.7. The van der Waals surface area contributed by atoms with Gasteiger partial charge in [-0.05, 0) is 32.9 Å². The van der Waals surface area contributed by atoms with Gasteiger partial charge in [-0.3, -0.25) is 4.99 Å². The van der Waals surface area contributed by atoms with E-state index in [-0.39, 0.29) is 23.5 Å². The van der Waals surface area contributed by atoms with E-state index in [2.05, 4.69) is 25.8 Å². The lowest BCUT2D eigenvalue weighted by molar-refractivity contribution is 0.0311. The highest BCUT2D eigenvalue weighted by Crippen LogP contribution is 2.33. The Labute approximate surface area is 108 Å². The molecular formula is C15H19NO2. The molecular weight excluding hydrogens is 226 g/mol. The van der Waals surface area contributed by atoms with E-state index >= 15 is 0 Å². The Hall–Kier alpha value is -1.64. The monoisotopic (exact) mass is 245 g/mol. The number of carbonyl (C=O) groups is 1. The summed E-state index contributed by atoms with van der Waals surface area (Å²) in [6.07, 6.45) is -0.215. The molecule has 0 radical (unpaired) electrons. The molecule has 18 heavy (non-hydrogen) atoms. The standard InChI is InChI=1S/C15H19NO2/c1-10-13(11(2)16-15(10,3)4)18-14(17)12-8-6-5-7-9-12/h5-10,13H,1-4H3/t10-,13-/m0/s1. The molecule has 1 aromatic rings. The zero-order chi connectivity index (χ0) is 13.3. The Kier molecular flexibility index (Phi) is 3.24. The van der Waals surface area contributed by atoms with Gasteiger partial charge in [-0.1, -0.05) is 25.1 Å². The average molecular weight is 245 g/mol. The molecule has 1 aliphatic rings. The molecule has 1 aliphatic heterocycles. The van der Waals surface area contributed by atoms with E-state index < -0.39 is 0 Å². The molecule has 0 unspecified atom stereocenters. The van der Waals surface area contributed by atoms with Gasteiger partial charge < -0.3 is 4.74 Å². The molecule has 1 heterocycles. The SMILES string of the molecule is CC1=NC(C)(C)[C@@H](C)[C@@H]1OC(=O)c1ccccc1. The lowest BCUT2D eigenvalue weighted by Crippen LogP contribution is -2.34. The van der Waals surface area contributed by atoms with Crippen molar-refractivity contribution in [1.29, 1.82) is 0 Å². The van der Waals surface area contributed by atoms with Crippen molar-refractivity contribution in [3.05, 3.63) is 35.9 Å². The first kappa shape index (κ1) is 12.8. The summed E-state index contributed by atoms with van der Waals surface area (Å²) in [6, 6.07) is 9.07. The Morgan fingerprint density at radius 1 is 1.28 bits per heavy atom. The van der Waals surface area contributed by atoms with Crippen LogP contribution >= 0.6 is 0 Å². The number of carbonyl (C=O) groups excluding carboxylic acids is 1. The second-order valence-corrected chi connectivity index (χ2v) is 5.39. The van der Waals surface area contributed by atoms with Crippen LogP contribution < -0.4 is 0 Å². The third-order valence-corrected chi connectivity index (χ3v) is 3.69. The van der Waals surface area contributed by atoms with Crippen molar-refractivity contribution in [3.8, 4) is 0 Å². The highest BCUT2D eigenvalue weighted by molar-refractivity contribution is 5.95. The van der Waals surface area contributed by atoms with Crippen molar-refractivity contribution < 1.29 is 9.53 Å². The maximum absolute atomic E-state index is 12.0. The maximum Gasteiger partial charge on any atom is 0.338 e. The number of aliphatic imine (C=N–C) groups is 1. The van der Waals surface area contributed by atoms with Crippen LogP contribution in [0.5, 0.6) is 0 Å². The molecule has 0 bridgehead atoms. The molecule has 0 saturated carbocycles. The van der Waals surface area contributed by atoms with Crippen molar-refractivity contribution in [3.63, 3.8) is 0 Å². The van der Waals surface area contributed by atoms with Crippen molar-refractivity contribution in [2.45, 2.75) is 39.3 Å². The molecule has 3 nitrogen and oxygen atoms in total. The minimum atomic E-state index is -0.278. The minimum absolute atomic E-state index is 0.161. The van der Waals surface area contributed by atoms with Crippen molar-refractivity contribution in [2.75, 3.05) is 0 Å². The van der Waals surface area contributed by atoms with Gasteiger partial charge in [0.25, 0.3) is 0 Å². The first-order valence-corrected chi connectivity index (χ1v) is 6.24. The number of hydrogen-bond acceptors (Lipinski definition) is 3. The van der Waals surface area contributed by atoms with Gasteiger partial charge in [-0.25, -0.2) is 4.79 Å². The predicted molar refractivity (Wildman–Crippen MR) is 72.0 cm³/mol. The Bertz CT molecular complexity index is 477. The first-order chi connectivity index (χ1) is 8.42. The Morgan fingerprint density at radius 2 is 1.89 bits per heavy atom. The molecule has 0 fully saturated rings. The maximum atomic E-state index is 12.0. The lowest BCUT2D eigenvalue weighted by atomic mass is 9.88. The van der Waals surface area contributed by atoms with E-state index in [1.807, 2.05) is 25.1 Å². The fourth-order valence-corrected chi connectivity index (χ4v) is 2.30. The van der Waals surface area contributed by atoms with Gasteiger partial charge in [0, 0.05) is 5.92 Å². The van der Waals surface area contributed by atoms with Gasteiger partial charge in [-0.2, -0.15) is 0 Å². The first-order valence-electron chi connectivity index (χ1n) is 6.24. The topological polar surface area (TPSA) is 38.7 Å². The van der Waals surface area contributed by atoms with Gasteiger partial charge in [-0.15, -0.1) is 0 Å². The summed E-state index contributed by atoms with van der Waals surface area (Å²) in [6.45, 7) is 8.13. The molecule has 96 valence electrons. The lowest BCUT2D eigenvalue weighted by Gasteiger charge is -2.25. The molecule has 0 amide bonds. The molecule has 3 heteroatoms. The third-order valence-electron chi connectivity index (χ3n) is 3.69. The Balaban J connectivity index is 2.12. The zero-order valence-corrected chi connectivity index (χ0v) is 11.3. The smallest absolute Gasteiger partial charge is 0.338 e. The van der Waals surface area contributed by atoms with Crippen molar-refractivity contribution in [2.24, 2.45) is 10.9 Å². The highest BCUT2D eigenvalue weighted by atomic mass is 16.5. The summed E-state index contributed by atoms with van der Waals surface area (Å²) in [4.78, 5) is 16.6. The second kappa shape index (κ2) is 4.56.